The van der Waals surface area contributed by atoms with Crippen LogP contribution in [0.4, 0.5) is 0 Å². The summed E-state index contributed by atoms with van der Waals surface area (Å²) in [6, 6.07) is 0. The number of rotatable bonds is 3. The summed E-state index contributed by atoms with van der Waals surface area (Å²) in [7, 11) is -3.68. The second-order valence-electron chi connectivity index (χ2n) is 1.88. The third kappa shape index (κ3) is 12.2. The standard InChI is InChI=1S/C4H13O3P.V/c1-2-3-4-8(5,6)7;/h5-8H,2-4H2,1H3;. The van der Waals surface area contributed by atoms with Crippen molar-refractivity contribution in [2.24, 2.45) is 0 Å². The summed E-state index contributed by atoms with van der Waals surface area (Å²) < 4.78 is 0. The van der Waals surface area contributed by atoms with E-state index in [1.165, 1.54) is 0 Å². The Bertz CT molecular complexity index is 63.3. The Morgan fingerprint density at radius 1 is 1.22 bits per heavy atom. The van der Waals surface area contributed by atoms with Gasteiger partial charge in [-0.15, -0.1) is 0 Å². The molecule has 0 spiro atoms. The summed E-state index contributed by atoms with van der Waals surface area (Å²) in [4.78, 5) is 25.2. The van der Waals surface area contributed by atoms with E-state index in [0.29, 0.717) is 6.42 Å². The molecule has 0 saturated heterocycles. The van der Waals surface area contributed by atoms with Gasteiger partial charge in [-0.3, -0.25) is 0 Å². The zero-order chi connectivity index (χ0) is 6.62. The number of hydrogen-bond donors (Lipinski definition) is 3. The Balaban J connectivity index is 0. The molecule has 0 bridgehead atoms. The summed E-state index contributed by atoms with van der Waals surface area (Å²) in [5.74, 6) is 0. The van der Waals surface area contributed by atoms with Crippen molar-refractivity contribution in [1.82, 2.24) is 0 Å². The van der Waals surface area contributed by atoms with E-state index in [0.717, 1.165) is 6.42 Å². The van der Waals surface area contributed by atoms with Gasteiger partial charge in [0.15, 0.2) is 0 Å². The minimum absolute atomic E-state index is 0. The van der Waals surface area contributed by atoms with Gasteiger partial charge in [-0.05, 0) is 0 Å². The molecule has 0 unspecified atom stereocenters. The topological polar surface area (TPSA) is 60.7 Å². The van der Waals surface area contributed by atoms with Gasteiger partial charge in [-0.25, -0.2) is 0 Å². The van der Waals surface area contributed by atoms with Crippen LogP contribution in [-0.4, -0.2) is 20.8 Å². The normalized spacial score (nSPS) is 12.4. The molecule has 0 heterocycles. The Kier molecular flexibility index (Phi) is 7.90. The molecular formula is C4H13O3PV. The van der Waals surface area contributed by atoms with E-state index in [2.05, 4.69) is 0 Å². The van der Waals surface area contributed by atoms with E-state index in [1.54, 1.807) is 0 Å². The fourth-order valence-electron chi connectivity index (χ4n) is 0.414. The maximum absolute atomic E-state index is 8.40. The molecule has 0 atom stereocenters. The van der Waals surface area contributed by atoms with Crippen LogP contribution in [0, 0.1) is 0 Å². The average molecular weight is 191 g/mol. The average Bonchev–Trinajstić information content (AvgIpc) is 1.59. The van der Waals surface area contributed by atoms with Crippen molar-refractivity contribution < 1.29 is 33.2 Å². The molecule has 0 aromatic rings. The van der Waals surface area contributed by atoms with Crippen LogP contribution < -0.4 is 0 Å². The molecule has 3 N–H and O–H groups in total. The van der Waals surface area contributed by atoms with Gasteiger partial charge in [-0.2, -0.15) is 0 Å². The van der Waals surface area contributed by atoms with E-state index in [9.17, 15) is 0 Å². The van der Waals surface area contributed by atoms with Gasteiger partial charge in [0.1, 0.15) is 0 Å². The molecular weight excluding hydrogens is 178 g/mol. The Morgan fingerprint density at radius 3 is 1.78 bits per heavy atom. The molecule has 0 aromatic carbocycles. The Hall–Kier alpha value is 0.894. The van der Waals surface area contributed by atoms with E-state index in [-0.39, 0.29) is 24.7 Å². The molecule has 3 nitrogen and oxygen atoms in total. The minimum Gasteiger partial charge on any atom is 0 e. The van der Waals surface area contributed by atoms with Crippen LogP contribution in [0.2, 0.25) is 0 Å². The first-order valence-electron chi connectivity index (χ1n) is 2.73. The van der Waals surface area contributed by atoms with Gasteiger partial charge in [0.05, 0.1) is 0 Å². The fraction of sp³-hybridized carbons (Fsp3) is 1.00. The Morgan fingerprint density at radius 2 is 1.67 bits per heavy atom. The second-order valence-corrected chi connectivity index (χ2v) is 3.93. The first-order valence-corrected chi connectivity index (χ1v) is 4.78. The summed E-state index contributed by atoms with van der Waals surface area (Å²) in [6.07, 6.45) is 1.75. The van der Waals surface area contributed by atoms with Gasteiger partial charge < -0.3 is 0 Å². The predicted molar refractivity (Wildman–Crippen MR) is 34.7 cm³/mol. The first-order chi connectivity index (χ1) is 3.56. The molecule has 0 amide bonds. The van der Waals surface area contributed by atoms with E-state index >= 15 is 0 Å². The van der Waals surface area contributed by atoms with Crippen LogP contribution in [0.25, 0.3) is 0 Å². The van der Waals surface area contributed by atoms with Crippen molar-refractivity contribution in [3.63, 3.8) is 0 Å². The zero-order valence-corrected chi connectivity index (χ0v) is 7.81. The third-order valence-corrected chi connectivity index (χ3v) is 1.89. The fourth-order valence-corrected chi connectivity index (χ4v) is 1.24. The van der Waals surface area contributed by atoms with Crippen molar-refractivity contribution in [2.75, 3.05) is 6.16 Å². The summed E-state index contributed by atoms with van der Waals surface area (Å²) in [5, 5.41) is 0. The largest absolute Gasteiger partial charge is 0 e. The van der Waals surface area contributed by atoms with E-state index < -0.39 is 7.94 Å². The zero-order valence-electron chi connectivity index (χ0n) is 5.41. The van der Waals surface area contributed by atoms with Crippen LogP contribution >= 0.6 is 7.94 Å². The molecule has 0 aromatic heterocycles. The van der Waals surface area contributed by atoms with E-state index in [1.807, 2.05) is 6.92 Å². The van der Waals surface area contributed by atoms with E-state index in [4.69, 9.17) is 14.7 Å². The third-order valence-electron chi connectivity index (χ3n) is 0.866. The molecule has 57 valence electrons. The van der Waals surface area contributed by atoms with Crippen LogP contribution in [0.1, 0.15) is 19.8 Å². The molecule has 0 aliphatic heterocycles. The number of hydrogen-bond acceptors (Lipinski definition) is 3. The van der Waals surface area contributed by atoms with Gasteiger partial charge in [0.2, 0.25) is 0 Å². The Labute approximate surface area is 67.6 Å². The molecule has 0 fully saturated rings. The van der Waals surface area contributed by atoms with Crippen molar-refractivity contribution in [1.29, 1.82) is 0 Å². The van der Waals surface area contributed by atoms with Gasteiger partial charge in [0.25, 0.3) is 0 Å². The summed E-state index contributed by atoms with van der Waals surface area (Å²) in [5.41, 5.74) is 0. The molecule has 0 aliphatic carbocycles. The number of unbranched alkanes of at least 4 members (excludes halogenated alkanes) is 1. The van der Waals surface area contributed by atoms with Crippen molar-refractivity contribution in [2.45, 2.75) is 19.8 Å². The van der Waals surface area contributed by atoms with Crippen LogP contribution in [0.15, 0.2) is 0 Å². The van der Waals surface area contributed by atoms with Gasteiger partial charge in [-0.1, -0.05) is 0 Å². The smallest absolute Gasteiger partial charge is 0 e. The van der Waals surface area contributed by atoms with Gasteiger partial charge in [0, 0.05) is 18.6 Å². The molecule has 0 aliphatic rings. The molecule has 5 heteroatoms. The van der Waals surface area contributed by atoms with Crippen LogP contribution in [0.3, 0.4) is 0 Å². The van der Waals surface area contributed by atoms with Crippen molar-refractivity contribution >= 4 is 7.94 Å². The van der Waals surface area contributed by atoms with Crippen LogP contribution in [-0.2, 0) is 18.6 Å². The summed E-state index contributed by atoms with van der Waals surface area (Å²) in [6.45, 7) is 1.93. The van der Waals surface area contributed by atoms with Crippen molar-refractivity contribution in [3.8, 4) is 0 Å². The predicted octanol–water partition coefficient (Wildman–Crippen LogP) is 0.256. The SMILES string of the molecule is CCCC[PH](O)(O)O.[V]. The molecule has 1 radical (unpaired) electrons. The minimum atomic E-state index is -3.68. The molecule has 0 rings (SSSR count). The first kappa shape index (κ1) is 12.6. The van der Waals surface area contributed by atoms with Crippen LogP contribution in [0.5, 0.6) is 0 Å². The maximum atomic E-state index is 8.40. The van der Waals surface area contributed by atoms with Gasteiger partial charge >= 0.3 is 48.6 Å². The molecule has 0 saturated carbocycles. The second kappa shape index (κ2) is 5.66. The van der Waals surface area contributed by atoms with Crippen molar-refractivity contribution in [3.05, 3.63) is 0 Å². The maximum Gasteiger partial charge on any atom is 0 e. The quantitative estimate of drug-likeness (QED) is 0.560. The molecule has 9 heavy (non-hydrogen) atoms. The summed E-state index contributed by atoms with van der Waals surface area (Å²) >= 11 is 0. The monoisotopic (exact) mass is 191 g/mol.